The number of aliphatic hydroxyl groups is 1. The first kappa shape index (κ1) is 14.0. The highest BCUT2D eigenvalue weighted by Crippen LogP contribution is 2.15. The molecule has 0 aromatic heterocycles. The molecule has 0 bridgehead atoms. The van der Waals surface area contributed by atoms with Crippen LogP contribution in [0, 0.1) is 0 Å². The van der Waals surface area contributed by atoms with Gasteiger partial charge in [-0.05, 0) is 18.4 Å². The van der Waals surface area contributed by atoms with Crippen LogP contribution in [0.2, 0.25) is 13.1 Å². The Kier molecular flexibility index (Phi) is 4.56. The molecule has 19 heavy (non-hydrogen) atoms. The van der Waals surface area contributed by atoms with E-state index in [1.165, 1.54) is 10.8 Å². The van der Waals surface area contributed by atoms with Crippen molar-refractivity contribution in [2.75, 3.05) is 0 Å². The fraction of sp³-hybridized carbons (Fsp3) is 0.294. The second-order valence-electron chi connectivity index (χ2n) is 5.63. The average molecular weight is 270 g/mol. The number of hydrogen-bond acceptors (Lipinski definition) is 1. The third-order valence-corrected chi connectivity index (χ3v) is 7.68. The summed E-state index contributed by atoms with van der Waals surface area (Å²) >= 11 is 0. The molecule has 1 N–H and O–H groups in total. The SMILES string of the molecule is C[Si](C)(c1ccccc1)[C@@H](O)CCc1ccccc1. The van der Waals surface area contributed by atoms with Gasteiger partial charge < -0.3 is 5.11 Å². The number of aryl methyl sites for hydroxylation is 1. The van der Waals surface area contributed by atoms with E-state index in [2.05, 4.69) is 61.6 Å². The smallest absolute Gasteiger partial charge is 0.113 e. The lowest BCUT2D eigenvalue weighted by Gasteiger charge is -2.29. The number of benzene rings is 2. The predicted octanol–water partition coefficient (Wildman–Crippen LogP) is 3.13. The van der Waals surface area contributed by atoms with E-state index in [0.29, 0.717) is 0 Å². The maximum absolute atomic E-state index is 10.6. The molecule has 0 aliphatic heterocycles. The van der Waals surface area contributed by atoms with Crippen molar-refractivity contribution in [2.45, 2.75) is 31.7 Å². The normalized spacial score (nSPS) is 13.2. The third-order valence-electron chi connectivity index (χ3n) is 3.90. The molecule has 0 fully saturated rings. The number of rotatable bonds is 5. The second-order valence-corrected chi connectivity index (χ2v) is 10.3. The van der Waals surface area contributed by atoms with E-state index in [1.54, 1.807) is 0 Å². The van der Waals surface area contributed by atoms with Crippen molar-refractivity contribution in [3.63, 3.8) is 0 Å². The lowest BCUT2D eigenvalue weighted by atomic mass is 10.1. The maximum Gasteiger partial charge on any atom is 0.113 e. The van der Waals surface area contributed by atoms with Crippen LogP contribution in [0.3, 0.4) is 0 Å². The third kappa shape index (κ3) is 3.55. The van der Waals surface area contributed by atoms with Crippen LogP contribution in [-0.2, 0) is 6.42 Å². The highest BCUT2D eigenvalue weighted by molar-refractivity contribution is 6.90. The molecule has 2 rings (SSSR count). The Morgan fingerprint density at radius 2 is 1.42 bits per heavy atom. The molecule has 0 aliphatic rings. The molecule has 1 nitrogen and oxygen atoms in total. The van der Waals surface area contributed by atoms with Gasteiger partial charge in [-0.15, -0.1) is 0 Å². The first-order valence-electron chi connectivity index (χ1n) is 6.88. The molecular formula is C17H22OSi. The van der Waals surface area contributed by atoms with Gasteiger partial charge in [-0.2, -0.15) is 0 Å². The molecule has 1 atom stereocenters. The van der Waals surface area contributed by atoms with Crippen molar-refractivity contribution < 1.29 is 5.11 Å². The molecule has 0 spiro atoms. The highest BCUT2D eigenvalue weighted by atomic mass is 28.3. The summed E-state index contributed by atoms with van der Waals surface area (Å²) < 4.78 is 0. The van der Waals surface area contributed by atoms with Gasteiger partial charge in [-0.3, -0.25) is 0 Å². The number of hydrogen-bond donors (Lipinski definition) is 1. The Labute approximate surface area is 116 Å². The molecule has 100 valence electrons. The lowest BCUT2D eigenvalue weighted by Crippen LogP contribution is -2.52. The van der Waals surface area contributed by atoms with Gasteiger partial charge in [0.25, 0.3) is 0 Å². The largest absolute Gasteiger partial charge is 0.396 e. The van der Waals surface area contributed by atoms with Gasteiger partial charge in [0.05, 0.1) is 5.73 Å². The van der Waals surface area contributed by atoms with Crippen LogP contribution in [0.4, 0.5) is 0 Å². The maximum atomic E-state index is 10.6. The van der Waals surface area contributed by atoms with E-state index in [0.717, 1.165) is 12.8 Å². The topological polar surface area (TPSA) is 20.2 Å². The average Bonchev–Trinajstić information content (AvgIpc) is 2.46. The zero-order chi connectivity index (χ0) is 13.7. The summed E-state index contributed by atoms with van der Waals surface area (Å²) in [5.74, 6) is 0. The van der Waals surface area contributed by atoms with Gasteiger partial charge in [0.1, 0.15) is 8.07 Å². The van der Waals surface area contributed by atoms with Crippen LogP contribution >= 0.6 is 0 Å². The molecule has 0 heterocycles. The summed E-state index contributed by atoms with van der Waals surface area (Å²) in [4.78, 5) is 0. The molecular weight excluding hydrogens is 248 g/mol. The van der Waals surface area contributed by atoms with Crippen LogP contribution in [0.5, 0.6) is 0 Å². The molecule has 2 aromatic carbocycles. The Hall–Kier alpha value is -1.38. The zero-order valence-corrected chi connectivity index (χ0v) is 12.7. The van der Waals surface area contributed by atoms with Gasteiger partial charge in [-0.1, -0.05) is 78.9 Å². The fourth-order valence-electron chi connectivity index (χ4n) is 2.37. The summed E-state index contributed by atoms with van der Waals surface area (Å²) in [6.07, 6.45) is 1.80. The highest BCUT2D eigenvalue weighted by Gasteiger charge is 2.31. The Morgan fingerprint density at radius 1 is 0.895 bits per heavy atom. The molecule has 0 saturated carbocycles. The monoisotopic (exact) mass is 270 g/mol. The predicted molar refractivity (Wildman–Crippen MR) is 84.3 cm³/mol. The second kappa shape index (κ2) is 6.18. The van der Waals surface area contributed by atoms with Gasteiger partial charge in [0, 0.05) is 0 Å². The summed E-state index contributed by atoms with van der Waals surface area (Å²) in [5, 5.41) is 11.9. The molecule has 0 saturated heterocycles. The lowest BCUT2D eigenvalue weighted by molar-refractivity contribution is 0.235. The van der Waals surface area contributed by atoms with E-state index in [-0.39, 0.29) is 5.73 Å². The van der Waals surface area contributed by atoms with E-state index in [9.17, 15) is 5.11 Å². The minimum absolute atomic E-state index is 0.199. The minimum atomic E-state index is -1.78. The van der Waals surface area contributed by atoms with E-state index >= 15 is 0 Å². The Morgan fingerprint density at radius 3 is 2.00 bits per heavy atom. The summed E-state index contributed by atoms with van der Waals surface area (Å²) in [6.45, 7) is 4.50. The van der Waals surface area contributed by atoms with Gasteiger partial charge in [0.2, 0.25) is 0 Å². The van der Waals surface area contributed by atoms with E-state index < -0.39 is 8.07 Å². The van der Waals surface area contributed by atoms with Crippen LogP contribution in [-0.4, -0.2) is 18.9 Å². The van der Waals surface area contributed by atoms with Crippen molar-refractivity contribution >= 4 is 13.3 Å². The van der Waals surface area contributed by atoms with Crippen molar-refractivity contribution in [1.29, 1.82) is 0 Å². The summed E-state index contributed by atoms with van der Waals surface area (Å²) in [6, 6.07) is 20.9. The van der Waals surface area contributed by atoms with Crippen molar-refractivity contribution in [3.8, 4) is 0 Å². The summed E-state index contributed by atoms with van der Waals surface area (Å²) in [5.41, 5.74) is 1.11. The van der Waals surface area contributed by atoms with Crippen LogP contribution < -0.4 is 5.19 Å². The van der Waals surface area contributed by atoms with Gasteiger partial charge in [-0.25, -0.2) is 0 Å². The van der Waals surface area contributed by atoms with Crippen LogP contribution in [0.1, 0.15) is 12.0 Å². The number of aliphatic hydroxyl groups excluding tert-OH is 1. The van der Waals surface area contributed by atoms with Crippen LogP contribution in [0.25, 0.3) is 0 Å². The van der Waals surface area contributed by atoms with Gasteiger partial charge in [0.15, 0.2) is 0 Å². The molecule has 2 aromatic rings. The molecule has 2 heteroatoms. The minimum Gasteiger partial charge on any atom is -0.396 e. The molecule has 0 aliphatic carbocycles. The first-order valence-corrected chi connectivity index (χ1v) is 9.96. The standard InChI is InChI=1S/C17H22OSi/c1-19(2,16-11-7-4-8-12-16)17(18)14-13-15-9-5-3-6-10-15/h3-12,17-18H,13-14H2,1-2H3/t17-/m1/s1. The molecule has 0 amide bonds. The first-order chi connectivity index (χ1) is 9.10. The Bertz CT molecular complexity index is 493. The zero-order valence-electron chi connectivity index (χ0n) is 11.7. The van der Waals surface area contributed by atoms with E-state index in [4.69, 9.17) is 0 Å². The summed E-state index contributed by atoms with van der Waals surface area (Å²) in [7, 11) is -1.78. The quantitative estimate of drug-likeness (QED) is 0.828. The Balaban J connectivity index is 2.01. The molecule has 0 unspecified atom stereocenters. The fourth-order valence-corrected chi connectivity index (χ4v) is 4.67. The van der Waals surface area contributed by atoms with E-state index in [1.807, 2.05) is 12.1 Å². The van der Waals surface area contributed by atoms with Crippen molar-refractivity contribution in [1.82, 2.24) is 0 Å². The van der Waals surface area contributed by atoms with Crippen molar-refractivity contribution in [2.24, 2.45) is 0 Å². The van der Waals surface area contributed by atoms with Gasteiger partial charge >= 0.3 is 0 Å². The van der Waals surface area contributed by atoms with Crippen molar-refractivity contribution in [3.05, 3.63) is 66.2 Å². The molecule has 0 radical (unpaired) electrons. The van der Waals surface area contributed by atoms with Crippen LogP contribution in [0.15, 0.2) is 60.7 Å².